The van der Waals surface area contributed by atoms with Crippen LogP contribution < -0.4 is 14.8 Å². The fourth-order valence-corrected chi connectivity index (χ4v) is 4.43. The van der Waals surface area contributed by atoms with Crippen LogP contribution in [-0.2, 0) is 4.79 Å². The molecule has 0 spiro atoms. The first-order valence-electron chi connectivity index (χ1n) is 12.5. The lowest BCUT2D eigenvalue weighted by molar-refractivity contribution is -0.122. The molecule has 178 valence electrons. The third kappa shape index (κ3) is 6.96. The highest BCUT2D eigenvalue weighted by Crippen LogP contribution is 2.34. The molecule has 2 aliphatic rings. The summed E-state index contributed by atoms with van der Waals surface area (Å²) < 4.78 is 11.3. The van der Waals surface area contributed by atoms with E-state index >= 15 is 0 Å². The molecule has 0 aromatic heterocycles. The van der Waals surface area contributed by atoms with Gasteiger partial charge in [-0.05, 0) is 49.3 Å². The van der Waals surface area contributed by atoms with Gasteiger partial charge in [-0.25, -0.2) is 0 Å². The van der Waals surface area contributed by atoms with Crippen molar-refractivity contribution in [3.05, 3.63) is 23.8 Å². The summed E-state index contributed by atoms with van der Waals surface area (Å²) in [4.78, 5) is 17.5. The van der Waals surface area contributed by atoms with Crippen LogP contribution in [0.4, 0.5) is 0 Å². The molecular weight excluding hydrogens is 404 g/mol. The Labute approximate surface area is 192 Å². The van der Waals surface area contributed by atoms with E-state index in [2.05, 4.69) is 19.2 Å². The first-order valence-corrected chi connectivity index (χ1v) is 12.5. The number of nitrogens with zero attached hydrogens (tertiary/aromatic N) is 1. The molecule has 1 aromatic carbocycles. The summed E-state index contributed by atoms with van der Waals surface area (Å²) in [7, 11) is 0. The summed E-state index contributed by atoms with van der Waals surface area (Å²) >= 11 is 0. The Kier molecular flexibility index (Phi) is 9.85. The number of aliphatic hydroxyl groups excluding tert-OH is 1. The van der Waals surface area contributed by atoms with Crippen LogP contribution >= 0.6 is 0 Å². The molecule has 6 heteroatoms. The third-order valence-corrected chi connectivity index (χ3v) is 6.49. The van der Waals surface area contributed by atoms with Crippen molar-refractivity contribution >= 4 is 11.6 Å². The molecule has 2 N–H and O–H groups in total. The minimum atomic E-state index is -0.857. The zero-order chi connectivity index (χ0) is 22.8. The highest BCUT2D eigenvalue weighted by molar-refractivity contribution is 5.91. The standard InChI is InChI=1S/C26H40N2O4/c1-3-5-6-7-8-10-25(29)28-22(18-27-21-13-11-19(21)9-4-2)26(30)20-12-14-23-24(17-20)32-16-15-31-23/h12,14,17,19,22,26,30H,3-11,13,15-16,18H2,1-2H3,(H,28,29). The lowest BCUT2D eigenvalue weighted by atomic mass is 9.80. The summed E-state index contributed by atoms with van der Waals surface area (Å²) in [6.07, 6.45) is 9.70. The number of fused-ring (bicyclic) bond motifs is 1. The van der Waals surface area contributed by atoms with E-state index in [0.29, 0.717) is 49.2 Å². The lowest BCUT2D eigenvalue weighted by Crippen LogP contribution is -2.42. The van der Waals surface area contributed by atoms with Crippen LogP contribution in [0.5, 0.6) is 11.5 Å². The Bertz CT molecular complexity index is 764. The molecule has 3 atom stereocenters. The van der Waals surface area contributed by atoms with Crippen LogP contribution in [0.15, 0.2) is 23.2 Å². The molecule has 1 amide bonds. The fraction of sp³-hybridized carbons (Fsp3) is 0.692. The molecule has 0 saturated heterocycles. The molecule has 1 aliphatic heterocycles. The monoisotopic (exact) mass is 444 g/mol. The van der Waals surface area contributed by atoms with Crippen LogP contribution in [0, 0.1) is 5.92 Å². The van der Waals surface area contributed by atoms with Gasteiger partial charge in [-0.1, -0.05) is 52.0 Å². The number of amides is 1. The Morgan fingerprint density at radius 3 is 2.62 bits per heavy atom. The molecule has 1 fully saturated rings. The molecule has 0 radical (unpaired) electrons. The molecule has 3 unspecified atom stereocenters. The van der Waals surface area contributed by atoms with Crippen LogP contribution in [0.1, 0.15) is 89.7 Å². The second-order valence-electron chi connectivity index (χ2n) is 9.04. The normalized spacial score (nSPS) is 20.5. The predicted octanol–water partition coefficient (Wildman–Crippen LogP) is 4.99. The number of aliphatic hydroxyl groups is 1. The molecule has 0 bridgehead atoms. The first kappa shape index (κ1) is 24.6. The van der Waals surface area contributed by atoms with E-state index in [1.807, 2.05) is 18.2 Å². The van der Waals surface area contributed by atoms with Crippen LogP contribution in [0.25, 0.3) is 0 Å². The lowest BCUT2D eigenvalue weighted by Gasteiger charge is -2.30. The van der Waals surface area contributed by atoms with Gasteiger partial charge in [-0.2, -0.15) is 0 Å². The van der Waals surface area contributed by atoms with E-state index in [1.54, 1.807) is 0 Å². The first-order chi connectivity index (χ1) is 15.6. The summed E-state index contributed by atoms with van der Waals surface area (Å²) in [5.41, 5.74) is 1.95. The highest BCUT2D eigenvalue weighted by atomic mass is 16.6. The van der Waals surface area contributed by atoms with Crippen LogP contribution in [0.2, 0.25) is 0 Å². The van der Waals surface area contributed by atoms with Crippen LogP contribution in [0.3, 0.4) is 0 Å². The van der Waals surface area contributed by atoms with E-state index in [0.717, 1.165) is 25.7 Å². The number of carbonyl (C=O) groups excluding carboxylic acids is 1. The maximum Gasteiger partial charge on any atom is 0.220 e. The van der Waals surface area contributed by atoms with Gasteiger partial charge in [-0.3, -0.25) is 9.79 Å². The van der Waals surface area contributed by atoms with Gasteiger partial charge in [0.05, 0.1) is 12.6 Å². The number of unbranched alkanes of at least 4 members (excludes halogenated alkanes) is 4. The molecule has 1 saturated carbocycles. The molecule has 32 heavy (non-hydrogen) atoms. The van der Waals surface area contributed by atoms with Gasteiger partial charge in [0, 0.05) is 12.1 Å². The maximum absolute atomic E-state index is 12.6. The molecule has 1 aliphatic carbocycles. The highest BCUT2D eigenvalue weighted by Gasteiger charge is 2.28. The number of rotatable bonds is 13. The van der Waals surface area contributed by atoms with E-state index < -0.39 is 12.1 Å². The Balaban J connectivity index is 1.65. The smallest absolute Gasteiger partial charge is 0.220 e. The minimum Gasteiger partial charge on any atom is -0.486 e. The number of hydrogen-bond acceptors (Lipinski definition) is 5. The van der Waals surface area contributed by atoms with Crippen molar-refractivity contribution in [1.29, 1.82) is 0 Å². The van der Waals surface area contributed by atoms with Crippen molar-refractivity contribution in [2.24, 2.45) is 10.9 Å². The molecule has 3 rings (SSSR count). The summed E-state index contributed by atoms with van der Waals surface area (Å²) in [6, 6.07) is 5.03. The van der Waals surface area contributed by atoms with Crippen molar-refractivity contribution < 1.29 is 19.4 Å². The number of hydrogen-bond donors (Lipinski definition) is 2. The van der Waals surface area contributed by atoms with E-state index in [4.69, 9.17) is 14.5 Å². The Morgan fingerprint density at radius 2 is 1.91 bits per heavy atom. The Morgan fingerprint density at radius 1 is 1.12 bits per heavy atom. The number of aliphatic imine (C=N–C) groups is 1. The average molecular weight is 445 g/mol. The molecule has 6 nitrogen and oxygen atoms in total. The number of ether oxygens (including phenoxy) is 2. The fourth-order valence-electron chi connectivity index (χ4n) is 4.43. The average Bonchev–Trinajstić information content (AvgIpc) is 2.80. The number of carbonyl (C=O) groups is 1. The van der Waals surface area contributed by atoms with Crippen molar-refractivity contribution in [2.75, 3.05) is 19.8 Å². The van der Waals surface area contributed by atoms with E-state index in [9.17, 15) is 9.90 Å². The van der Waals surface area contributed by atoms with Gasteiger partial charge in [0.15, 0.2) is 11.5 Å². The summed E-state index contributed by atoms with van der Waals surface area (Å²) in [6.45, 7) is 5.81. The second kappa shape index (κ2) is 12.8. The maximum atomic E-state index is 12.6. The van der Waals surface area contributed by atoms with Crippen molar-refractivity contribution in [3.8, 4) is 11.5 Å². The zero-order valence-electron chi connectivity index (χ0n) is 19.8. The van der Waals surface area contributed by atoms with Gasteiger partial charge in [0.1, 0.15) is 19.3 Å². The molecule has 1 heterocycles. The van der Waals surface area contributed by atoms with Gasteiger partial charge in [0.25, 0.3) is 0 Å². The SMILES string of the molecule is CCCCCCCC(=O)NC(CN=C1CCC1CCC)C(O)c1ccc2c(c1)OCCO2. The van der Waals surface area contributed by atoms with Gasteiger partial charge in [0.2, 0.25) is 5.91 Å². The minimum absolute atomic E-state index is 0.0120. The third-order valence-electron chi connectivity index (χ3n) is 6.49. The van der Waals surface area contributed by atoms with E-state index in [-0.39, 0.29) is 5.91 Å². The second-order valence-corrected chi connectivity index (χ2v) is 9.04. The zero-order valence-corrected chi connectivity index (χ0v) is 19.8. The number of nitrogens with one attached hydrogen (secondary N) is 1. The van der Waals surface area contributed by atoms with E-state index in [1.165, 1.54) is 37.8 Å². The summed E-state index contributed by atoms with van der Waals surface area (Å²) in [5.74, 6) is 1.89. The Hall–Kier alpha value is -2.08. The van der Waals surface area contributed by atoms with Crippen molar-refractivity contribution in [1.82, 2.24) is 5.32 Å². The predicted molar refractivity (Wildman–Crippen MR) is 128 cm³/mol. The quantitative estimate of drug-likeness (QED) is 0.420. The van der Waals surface area contributed by atoms with Gasteiger partial charge in [-0.15, -0.1) is 0 Å². The molecular formula is C26H40N2O4. The number of benzene rings is 1. The largest absolute Gasteiger partial charge is 0.486 e. The van der Waals surface area contributed by atoms with Crippen LogP contribution in [-0.4, -0.2) is 42.5 Å². The van der Waals surface area contributed by atoms with Crippen molar-refractivity contribution in [2.45, 2.75) is 90.2 Å². The van der Waals surface area contributed by atoms with Gasteiger partial charge >= 0.3 is 0 Å². The van der Waals surface area contributed by atoms with Gasteiger partial charge < -0.3 is 19.9 Å². The van der Waals surface area contributed by atoms with Crippen molar-refractivity contribution in [3.63, 3.8) is 0 Å². The molecule has 1 aromatic rings. The topological polar surface area (TPSA) is 80.2 Å². The summed E-state index contributed by atoms with van der Waals surface area (Å²) in [5, 5.41) is 14.2.